The Hall–Kier alpha value is -1.13. The number of nitrogens with zero attached hydrogens (tertiary/aromatic N) is 1. The minimum absolute atomic E-state index is 0.0794. The summed E-state index contributed by atoms with van der Waals surface area (Å²) < 4.78 is 18.2. The second-order valence-corrected chi connectivity index (χ2v) is 6.07. The summed E-state index contributed by atoms with van der Waals surface area (Å²) in [6.45, 7) is 2.52. The van der Waals surface area contributed by atoms with E-state index in [1.807, 2.05) is 12.1 Å². The zero-order valence-corrected chi connectivity index (χ0v) is 12.4. The maximum atomic E-state index is 12.2. The number of phenolic OH excluding ortho intramolecular Hbond substituents is 1. The second-order valence-electron chi connectivity index (χ2n) is 6.07. The summed E-state index contributed by atoms with van der Waals surface area (Å²) in [4.78, 5) is 2.50. The van der Waals surface area contributed by atoms with Crippen LogP contribution in [0.5, 0.6) is 5.75 Å². The van der Waals surface area contributed by atoms with E-state index in [9.17, 15) is 9.50 Å². The van der Waals surface area contributed by atoms with Crippen LogP contribution in [0.2, 0.25) is 0 Å². The van der Waals surface area contributed by atoms with Gasteiger partial charge in [-0.3, -0.25) is 9.29 Å². The molecule has 0 amide bonds. The van der Waals surface area contributed by atoms with Crippen LogP contribution < -0.4 is 0 Å². The number of hydrogen-bond acceptors (Lipinski definition) is 3. The maximum absolute atomic E-state index is 12.2. The highest BCUT2D eigenvalue weighted by Gasteiger charge is 2.37. The van der Waals surface area contributed by atoms with Crippen molar-refractivity contribution in [2.75, 3.05) is 26.4 Å². The van der Waals surface area contributed by atoms with Crippen molar-refractivity contribution in [2.24, 2.45) is 0 Å². The summed E-state index contributed by atoms with van der Waals surface area (Å²) in [6, 6.07) is 6.04. The van der Waals surface area contributed by atoms with Gasteiger partial charge in [-0.1, -0.05) is 6.07 Å². The summed E-state index contributed by atoms with van der Waals surface area (Å²) in [6.07, 6.45) is 4.92. The summed E-state index contributed by atoms with van der Waals surface area (Å²) >= 11 is 0. The third kappa shape index (κ3) is 3.22. The number of morpholine rings is 1. The van der Waals surface area contributed by atoms with Gasteiger partial charge >= 0.3 is 0 Å². The fourth-order valence-corrected chi connectivity index (χ4v) is 3.64. The fourth-order valence-electron chi connectivity index (χ4n) is 3.64. The molecule has 2 atom stereocenters. The van der Waals surface area contributed by atoms with Crippen LogP contribution in [-0.2, 0) is 11.2 Å². The lowest BCUT2D eigenvalue weighted by atomic mass is 9.84. The molecule has 3 nitrogen and oxygen atoms in total. The van der Waals surface area contributed by atoms with E-state index in [2.05, 4.69) is 4.90 Å². The number of alkyl halides is 1. The van der Waals surface area contributed by atoms with Crippen LogP contribution in [0.15, 0.2) is 18.2 Å². The Kier molecular flexibility index (Phi) is 4.76. The third-order valence-electron chi connectivity index (χ3n) is 4.72. The molecule has 1 aliphatic heterocycles. The predicted molar refractivity (Wildman–Crippen MR) is 80.3 cm³/mol. The molecule has 116 valence electrons. The quantitative estimate of drug-likeness (QED) is 0.846. The van der Waals surface area contributed by atoms with Gasteiger partial charge in [0.15, 0.2) is 0 Å². The van der Waals surface area contributed by atoms with Crippen LogP contribution >= 0.6 is 0 Å². The van der Waals surface area contributed by atoms with Gasteiger partial charge in [-0.25, -0.2) is 0 Å². The largest absolute Gasteiger partial charge is 0.508 e. The molecule has 0 aromatic heterocycles. The van der Waals surface area contributed by atoms with Crippen LogP contribution in [0, 0.1) is 0 Å². The van der Waals surface area contributed by atoms with E-state index in [-0.39, 0.29) is 12.8 Å². The molecule has 0 saturated carbocycles. The highest BCUT2D eigenvalue weighted by Crippen LogP contribution is 2.39. The molecule has 0 bridgehead atoms. The number of hydrogen-bond donors (Lipinski definition) is 1. The van der Waals surface area contributed by atoms with Crippen LogP contribution in [0.3, 0.4) is 0 Å². The van der Waals surface area contributed by atoms with Crippen molar-refractivity contribution >= 4 is 0 Å². The van der Waals surface area contributed by atoms with Crippen molar-refractivity contribution in [1.82, 2.24) is 4.90 Å². The Morgan fingerprint density at radius 3 is 3.05 bits per heavy atom. The average Bonchev–Trinajstić information content (AvgIpc) is 2.51. The summed E-state index contributed by atoms with van der Waals surface area (Å²) in [7, 11) is 0. The number of phenols is 1. The highest BCUT2D eigenvalue weighted by atomic mass is 19.1. The molecule has 21 heavy (non-hydrogen) atoms. The minimum Gasteiger partial charge on any atom is -0.508 e. The minimum atomic E-state index is -0.207. The first kappa shape index (κ1) is 14.8. The fraction of sp³-hybridized carbons (Fsp3) is 0.647. The Bertz CT molecular complexity index is 480. The van der Waals surface area contributed by atoms with Gasteiger partial charge < -0.3 is 9.84 Å². The lowest BCUT2D eigenvalue weighted by molar-refractivity contribution is -0.0806. The number of benzene rings is 1. The lowest BCUT2D eigenvalue weighted by Crippen LogP contribution is -2.49. The number of unbranched alkanes of at least 4 members (excludes halogenated alkanes) is 2. The number of aromatic hydroxyl groups is 1. The molecule has 0 spiro atoms. The zero-order valence-electron chi connectivity index (χ0n) is 12.4. The van der Waals surface area contributed by atoms with Crippen molar-refractivity contribution in [1.29, 1.82) is 0 Å². The molecule has 1 aromatic carbocycles. The van der Waals surface area contributed by atoms with Crippen LogP contribution in [0.25, 0.3) is 0 Å². The first-order valence-corrected chi connectivity index (χ1v) is 8.03. The standard InChI is InChI=1S/C17H24FNO2/c18-8-2-1-3-9-19-10-11-21-17-15-12-14(20)6-4-13(15)5-7-16(17)19/h4,6,12,16-17,20H,1-3,5,7-11H2/t16-,17-/m1/s1. The number of aryl methyl sites for hydroxylation is 1. The van der Waals surface area contributed by atoms with Gasteiger partial charge in [-0.05, 0) is 61.9 Å². The van der Waals surface area contributed by atoms with Crippen molar-refractivity contribution < 1.29 is 14.2 Å². The van der Waals surface area contributed by atoms with E-state index in [0.717, 1.165) is 50.9 Å². The molecule has 0 unspecified atom stereocenters. The summed E-state index contributed by atoms with van der Waals surface area (Å²) in [5.41, 5.74) is 2.45. The Balaban J connectivity index is 1.69. The van der Waals surface area contributed by atoms with E-state index in [0.29, 0.717) is 18.2 Å². The molecule has 1 heterocycles. The second kappa shape index (κ2) is 6.75. The molecule has 1 aliphatic carbocycles. The third-order valence-corrected chi connectivity index (χ3v) is 4.72. The van der Waals surface area contributed by atoms with Crippen LogP contribution in [0.4, 0.5) is 4.39 Å². The summed E-state index contributed by atoms with van der Waals surface area (Å²) in [5, 5.41) is 9.74. The Morgan fingerprint density at radius 1 is 1.29 bits per heavy atom. The van der Waals surface area contributed by atoms with Crippen LogP contribution in [0.1, 0.15) is 42.9 Å². The molecular formula is C17H24FNO2. The van der Waals surface area contributed by atoms with E-state index in [4.69, 9.17) is 4.74 Å². The van der Waals surface area contributed by atoms with Crippen molar-refractivity contribution in [3.8, 4) is 5.75 Å². The van der Waals surface area contributed by atoms with E-state index < -0.39 is 0 Å². The van der Waals surface area contributed by atoms with Crippen molar-refractivity contribution in [3.05, 3.63) is 29.3 Å². The molecule has 1 fully saturated rings. The first-order chi connectivity index (χ1) is 10.3. The molecule has 1 aromatic rings. The SMILES string of the molecule is Oc1ccc2c(c1)[C@H]1OCCN(CCCCCF)[C@@H]1CC2. The normalized spacial score (nSPS) is 25.4. The molecule has 4 heteroatoms. The molecule has 3 rings (SSSR count). The molecule has 0 radical (unpaired) electrons. The predicted octanol–water partition coefficient (Wildman–Crippen LogP) is 3.22. The van der Waals surface area contributed by atoms with Gasteiger partial charge in [-0.2, -0.15) is 0 Å². The molecule has 1 saturated heterocycles. The average molecular weight is 293 g/mol. The Labute approximate surface area is 125 Å². The van der Waals surface area contributed by atoms with Gasteiger partial charge in [0, 0.05) is 12.6 Å². The molecular weight excluding hydrogens is 269 g/mol. The number of ether oxygens (including phenoxy) is 1. The van der Waals surface area contributed by atoms with E-state index >= 15 is 0 Å². The summed E-state index contributed by atoms with van der Waals surface area (Å²) in [5.74, 6) is 0.318. The van der Waals surface area contributed by atoms with E-state index in [1.54, 1.807) is 6.07 Å². The number of halogens is 1. The monoisotopic (exact) mass is 293 g/mol. The molecule has 2 aliphatic rings. The topological polar surface area (TPSA) is 32.7 Å². The number of fused-ring (bicyclic) bond motifs is 3. The van der Waals surface area contributed by atoms with Crippen molar-refractivity contribution in [2.45, 2.75) is 44.2 Å². The van der Waals surface area contributed by atoms with Crippen LogP contribution in [-0.4, -0.2) is 42.4 Å². The van der Waals surface area contributed by atoms with Gasteiger partial charge in [0.05, 0.1) is 19.4 Å². The van der Waals surface area contributed by atoms with Gasteiger partial charge in [0.1, 0.15) is 5.75 Å². The van der Waals surface area contributed by atoms with Crippen molar-refractivity contribution in [3.63, 3.8) is 0 Å². The lowest BCUT2D eigenvalue weighted by Gasteiger charge is -2.44. The molecule has 1 N–H and O–H groups in total. The zero-order chi connectivity index (χ0) is 14.7. The maximum Gasteiger partial charge on any atom is 0.115 e. The first-order valence-electron chi connectivity index (χ1n) is 8.03. The van der Waals surface area contributed by atoms with Gasteiger partial charge in [0.25, 0.3) is 0 Å². The number of rotatable bonds is 5. The van der Waals surface area contributed by atoms with Gasteiger partial charge in [0.2, 0.25) is 0 Å². The van der Waals surface area contributed by atoms with E-state index in [1.165, 1.54) is 5.56 Å². The van der Waals surface area contributed by atoms with Gasteiger partial charge in [-0.15, -0.1) is 0 Å². The smallest absolute Gasteiger partial charge is 0.115 e. The highest BCUT2D eigenvalue weighted by molar-refractivity contribution is 5.39. The Morgan fingerprint density at radius 2 is 2.19 bits per heavy atom.